The molecule has 0 saturated carbocycles. The number of hydrogen-bond acceptors (Lipinski definition) is 4. The number of aliphatic hydroxyl groups is 1. The predicted octanol–water partition coefficient (Wildman–Crippen LogP) is 2.35. The number of nitrogens with one attached hydrogen (secondary N) is 1. The van der Waals surface area contributed by atoms with Crippen LogP contribution in [0.1, 0.15) is 5.56 Å². The Bertz CT molecular complexity index is 559. The highest BCUT2D eigenvalue weighted by Crippen LogP contribution is 2.08. The van der Waals surface area contributed by atoms with E-state index in [9.17, 15) is 9.90 Å². The molecule has 2 rings (SSSR count). The molecule has 22 heavy (non-hydrogen) atoms. The molecule has 1 atom stereocenters. The molecule has 0 heterocycles. The van der Waals surface area contributed by atoms with E-state index in [-0.39, 0.29) is 13.2 Å². The second kappa shape index (κ2) is 8.69. The highest BCUT2D eigenvalue weighted by atomic mass is 16.6. The Morgan fingerprint density at radius 1 is 1.00 bits per heavy atom. The van der Waals surface area contributed by atoms with Gasteiger partial charge in [-0.15, -0.1) is 0 Å². The number of hydrogen-bond donors (Lipinski definition) is 2. The number of carbonyl (C=O) groups is 1. The minimum Gasteiger partial charge on any atom is -0.491 e. The maximum atomic E-state index is 11.5. The molecule has 0 aliphatic rings. The summed E-state index contributed by atoms with van der Waals surface area (Å²) in [6.45, 7) is 0.333. The summed E-state index contributed by atoms with van der Waals surface area (Å²) in [7, 11) is 0. The van der Waals surface area contributed by atoms with E-state index in [1.165, 1.54) is 0 Å². The van der Waals surface area contributed by atoms with Crippen molar-refractivity contribution in [1.29, 1.82) is 0 Å². The van der Waals surface area contributed by atoms with E-state index < -0.39 is 12.2 Å². The molecule has 1 amide bonds. The monoisotopic (exact) mass is 301 g/mol. The number of ether oxygens (including phenoxy) is 2. The van der Waals surface area contributed by atoms with Gasteiger partial charge in [0.1, 0.15) is 25.1 Å². The Labute approximate surface area is 129 Å². The van der Waals surface area contributed by atoms with Crippen LogP contribution in [0, 0.1) is 0 Å². The van der Waals surface area contributed by atoms with Gasteiger partial charge in [0.25, 0.3) is 0 Å². The number of benzene rings is 2. The lowest BCUT2D eigenvalue weighted by molar-refractivity contribution is 0.0388. The lowest BCUT2D eigenvalue weighted by atomic mass is 10.2. The zero-order valence-electron chi connectivity index (χ0n) is 12.1. The molecule has 1 unspecified atom stereocenters. The number of carbonyl (C=O) groups excluding carboxylic acids is 1. The van der Waals surface area contributed by atoms with Crippen LogP contribution in [0.25, 0.3) is 0 Å². The van der Waals surface area contributed by atoms with Crippen molar-refractivity contribution < 1.29 is 19.4 Å². The summed E-state index contributed by atoms with van der Waals surface area (Å²) < 4.78 is 10.3. The van der Waals surface area contributed by atoms with Gasteiger partial charge in [-0.3, -0.25) is 0 Å². The Morgan fingerprint density at radius 3 is 2.32 bits per heavy atom. The van der Waals surface area contributed by atoms with E-state index in [1.54, 1.807) is 12.1 Å². The Hall–Kier alpha value is -2.53. The highest BCUT2D eigenvalue weighted by Gasteiger charge is 2.09. The molecular weight excluding hydrogens is 282 g/mol. The van der Waals surface area contributed by atoms with Crippen LogP contribution in [-0.4, -0.2) is 30.5 Å². The van der Waals surface area contributed by atoms with Crippen molar-refractivity contribution in [2.45, 2.75) is 12.6 Å². The average Bonchev–Trinajstić information content (AvgIpc) is 2.58. The molecule has 0 aliphatic carbocycles. The minimum atomic E-state index is -0.873. The fraction of sp³-hybridized carbons (Fsp3) is 0.235. The average molecular weight is 301 g/mol. The summed E-state index contributed by atoms with van der Waals surface area (Å²) >= 11 is 0. The van der Waals surface area contributed by atoms with Crippen molar-refractivity contribution in [3.05, 3.63) is 66.2 Å². The molecule has 0 fully saturated rings. The maximum absolute atomic E-state index is 11.5. The van der Waals surface area contributed by atoms with Crippen LogP contribution in [-0.2, 0) is 11.3 Å². The predicted molar refractivity (Wildman–Crippen MR) is 82.6 cm³/mol. The smallest absolute Gasteiger partial charge is 0.407 e. The molecule has 0 spiro atoms. The van der Waals surface area contributed by atoms with Crippen LogP contribution >= 0.6 is 0 Å². The van der Waals surface area contributed by atoms with Crippen LogP contribution in [0.2, 0.25) is 0 Å². The summed E-state index contributed by atoms with van der Waals surface area (Å²) in [5.41, 5.74) is 0.979. The fourth-order valence-corrected chi connectivity index (χ4v) is 1.75. The van der Waals surface area contributed by atoms with Crippen molar-refractivity contribution in [1.82, 2.24) is 5.32 Å². The molecule has 116 valence electrons. The van der Waals surface area contributed by atoms with Crippen molar-refractivity contribution in [3.63, 3.8) is 0 Å². The second-order valence-corrected chi connectivity index (χ2v) is 4.72. The first kappa shape index (κ1) is 15.9. The summed E-state index contributed by atoms with van der Waals surface area (Å²) in [5.74, 6) is 0.662. The molecule has 0 saturated heterocycles. The van der Waals surface area contributed by atoms with Crippen LogP contribution < -0.4 is 10.1 Å². The lowest BCUT2D eigenvalue weighted by Gasteiger charge is -2.13. The Kier molecular flexibility index (Phi) is 6.26. The largest absolute Gasteiger partial charge is 0.491 e. The van der Waals surface area contributed by atoms with Gasteiger partial charge in [-0.05, 0) is 17.7 Å². The number of alkyl carbamates (subject to hydrolysis) is 1. The SMILES string of the molecule is O=C(NCc1ccccc1)OCC(O)COc1ccccc1. The zero-order chi connectivity index (χ0) is 15.6. The van der Waals surface area contributed by atoms with Gasteiger partial charge in [-0.2, -0.15) is 0 Å². The Balaban J connectivity index is 1.61. The topological polar surface area (TPSA) is 67.8 Å². The van der Waals surface area contributed by atoms with Crippen LogP contribution in [0.4, 0.5) is 4.79 Å². The van der Waals surface area contributed by atoms with Gasteiger partial charge in [0, 0.05) is 6.54 Å². The second-order valence-electron chi connectivity index (χ2n) is 4.72. The summed E-state index contributed by atoms with van der Waals surface area (Å²) in [4.78, 5) is 11.5. The van der Waals surface area contributed by atoms with Gasteiger partial charge in [0.2, 0.25) is 0 Å². The van der Waals surface area contributed by atoms with Gasteiger partial charge in [0.15, 0.2) is 0 Å². The number of aliphatic hydroxyl groups excluding tert-OH is 1. The van der Waals surface area contributed by atoms with Crippen molar-refractivity contribution in [2.24, 2.45) is 0 Å². The first-order valence-corrected chi connectivity index (χ1v) is 7.04. The lowest BCUT2D eigenvalue weighted by Crippen LogP contribution is -2.30. The van der Waals surface area contributed by atoms with Gasteiger partial charge >= 0.3 is 6.09 Å². The number of amides is 1. The van der Waals surface area contributed by atoms with E-state index >= 15 is 0 Å². The molecule has 0 aliphatic heterocycles. The maximum Gasteiger partial charge on any atom is 0.407 e. The van der Waals surface area contributed by atoms with E-state index in [0.717, 1.165) is 5.56 Å². The normalized spacial score (nSPS) is 11.5. The van der Waals surface area contributed by atoms with Gasteiger partial charge in [0.05, 0.1) is 0 Å². The fourth-order valence-electron chi connectivity index (χ4n) is 1.75. The van der Waals surface area contributed by atoms with Crippen LogP contribution in [0.15, 0.2) is 60.7 Å². The third-order valence-corrected chi connectivity index (χ3v) is 2.87. The minimum absolute atomic E-state index is 0.0655. The van der Waals surface area contributed by atoms with Crippen molar-refractivity contribution in [2.75, 3.05) is 13.2 Å². The summed E-state index contributed by atoms with van der Waals surface area (Å²) in [6.07, 6.45) is -1.44. The quantitative estimate of drug-likeness (QED) is 0.824. The molecule has 2 aromatic rings. The third kappa shape index (κ3) is 5.85. The van der Waals surface area contributed by atoms with Crippen molar-refractivity contribution in [3.8, 4) is 5.75 Å². The van der Waals surface area contributed by atoms with Crippen molar-refractivity contribution >= 4 is 6.09 Å². The Morgan fingerprint density at radius 2 is 1.64 bits per heavy atom. The van der Waals surface area contributed by atoms with E-state index in [1.807, 2.05) is 48.5 Å². The van der Waals surface area contributed by atoms with Crippen LogP contribution in [0.5, 0.6) is 5.75 Å². The molecule has 0 aromatic heterocycles. The zero-order valence-corrected chi connectivity index (χ0v) is 12.1. The third-order valence-electron chi connectivity index (χ3n) is 2.87. The standard InChI is InChI=1S/C17H19NO4/c19-15(12-21-16-9-5-2-6-10-16)13-22-17(20)18-11-14-7-3-1-4-8-14/h1-10,15,19H,11-13H2,(H,18,20). The molecule has 5 nitrogen and oxygen atoms in total. The molecule has 2 aromatic carbocycles. The number of para-hydroxylation sites is 1. The number of rotatable bonds is 7. The molecule has 0 bridgehead atoms. The molecule has 5 heteroatoms. The van der Waals surface area contributed by atoms with E-state index in [2.05, 4.69) is 5.32 Å². The van der Waals surface area contributed by atoms with E-state index in [4.69, 9.17) is 9.47 Å². The first-order valence-electron chi connectivity index (χ1n) is 7.04. The molecule has 2 N–H and O–H groups in total. The summed E-state index contributed by atoms with van der Waals surface area (Å²) in [6, 6.07) is 18.7. The summed E-state index contributed by atoms with van der Waals surface area (Å²) in [5, 5.41) is 12.3. The van der Waals surface area contributed by atoms with E-state index in [0.29, 0.717) is 12.3 Å². The van der Waals surface area contributed by atoms with Gasteiger partial charge < -0.3 is 19.9 Å². The first-order chi connectivity index (χ1) is 10.7. The molecular formula is C17H19NO4. The van der Waals surface area contributed by atoms with Gasteiger partial charge in [-0.1, -0.05) is 48.5 Å². The van der Waals surface area contributed by atoms with Crippen LogP contribution in [0.3, 0.4) is 0 Å². The van der Waals surface area contributed by atoms with Gasteiger partial charge in [-0.25, -0.2) is 4.79 Å². The molecule has 0 radical (unpaired) electrons. The highest BCUT2D eigenvalue weighted by molar-refractivity contribution is 5.67.